The van der Waals surface area contributed by atoms with Crippen molar-refractivity contribution in [1.29, 1.82) is 0 Å². The predicted octanol–water partition coefficient (Wildman–Crippen LogP) is 3.69. The number of halogens is 3. The summed E-state index contributed by atoms with van der Waals surface area (Å²) in [6, 6.07) is 3.59. The van der Waals surface area contributed by atoms with E-state index in [4.69, 9.17) is 23.2 Å². The van der Waals surface area contributed by atoms with Gasteiger partial charge in [-0.2, -0.15) is 10.2 Å². The van der Waals surface area contributed by atoms with Crippen LogP contribution in [0.25, 0.3) is 0 Å². The molecule has 0 amide bonds. The first kappa shape index (κ1) is 13.9. The lowest BCUT2D eigenvalue weighted by Crippen LogP contribution is -2.14. The van der Waals surface area contributed by atoms with E-state index < -0.39 is 17.3 Å². The van der Waals surface area contributed by atoms with Gasteiger partial charge >= 0.3 is 5.97 Å². The van der Waals surface area contributed by atoms with Gasteiger partial charge in [-0.1, -0.05) is 23.2 Å². The highest BCUT2D eigenvalue weighted by Gasteiger charge is 2.15. The number of benzene rings is 1. The third-order valence-corrected chi connectivity index (χ3v) is 2.23. The molecule has 7 heteroatoms. The molecule has 1 unspecified atom stereocenters. The number of carbonyl (C=O) groups is 1. The second-order valence-electron chi connectivity index (χ2n) is 2.90. The van der Waals surface area contributed by atoms with E-state index in [1.54, 1.807) is 6.92 Å². The molecule has 1 aromatic carbocycles. The molecule has 1 aromatic rings. The van der Waals surface area contributed by atoms with Crippen LogP contribution >= 0.6 is 23.2 Å². The van der Waals surface area contributed by atoms with Crippen molar-refractivity contribution < 1.29 is 13.9 Å². The van der Waals surface area contributed by atoms with Gasteiger partial charge < -0.3 is 4.74 Å². The minimum absolute atomic E-state index is 0.0847. The van der Waals surface area contributed by atoms with E-state index in [9.17, 15) is 9.18 Å². The molecule has 0 aliphatic heterocycles. The fraction of sp³-hybridized carbons (Fsp3) is 0.300. The third-order valence-electron chi connectivity index (χ3n) is 1.66. The molecule has 0 N–H and O–H groups in total. The summed E-state index contributed by atoms with van der Waals surface area (Å²) in [6.45, 7) is 1.85. The van der Waals surface area contributed by atoms with Crippen molar-refractivity contribution in [3.05, 3.63) is 29.0 Å². The first-order valence-electron chi connectivity index (χ1n) is 4.71. The first-order valence-corrected chi connectivity index (χ1v) is 5.52. The number of nitrogens with zero attached hydrogens (tertiary/aromatic N) is 2. The summed E-state index contributed by atoms with van der Waals surface area (Å²) in [5, 5.41) is 7.24. The Balaban J connectivity index is 2.73. The SMILES string of the molecule is CCOC(=O)C(Cl)N=Nc1ccc(F)cc1Cl. The van der Waals surface area contributed by atoms with Gasteiger partial charge in [0.2, 0.25) is 5.50 Å². The molecule has 0 spiro atoms. The van der Waals surface area contributed by atoms with Crippen LogP contribution in [0.15, 0.2) is 28.4 Å². The summed E-state index contributed by atoms with van der Waals surface area (Å²) in [5.41, 5.74) is -1.01. The van der Waals surface area contributed by atoms with Gasteiger partial charge in [-0.25, -0.2) is 9.18 Å². The van der Waals surface area contributed by atoms with Crippen LogP contribution in [0.1, 0.15) is 6.92 Å². The number of carbonyl (C=O) groups excluding carboxylic acids is 1. The van der Waals surface area contributed by atoms with Crippen LogP contribution in [0, 0.1) is 5.82 Å². The topological polar surface area (TPSA) is 51.0 Å². The van der Waals surface area contributed by atoms with Gasteiger partial charge in [0.25, 0.3) is 0 Å². The van der Waals surface area contributed by atoms with Crippen LogP contribution in [0.3, 0.4) is 0 Å². The third kappa shape index (κ3) is 4.28. The Labute approximate surface area is 107 Å². The molecule has 0 saturated carbocycles. The van der Waals surface area contributed by atoms with Gasteiger partial charge in [-0.15, -0.1) is 0 Å². The van der Waals surface area contributed by atoms with Gasteiger partial charge in [0.1, 0.15) is 11.5 Å². The fourth-order valence-electron chi connectivity index (χ4n) is 0.933. The molecule has 0 aliphatic carbocycles. The normalized spacial score (nSPS) is 12.7. The minimum Gasteiger partial charge on any atom is -0.463 e. The first-order chi connectivity index (χ1) is 8.04. The molecule has 17 heavy (non-hydrogen) atoms. The molecule has 0 aliphatic rings. The molecule has 92 valence electrons. The highest BCUT2D eigenvalue weighted by atomic mass is 35.5. The summed E-state index contributed by atoms with van der Waals surface area (Å²) in [4.78, 5) is 11.1. The molecular formula is C10H9Cl2FN2O2. The molecule has 1 rings (SSSR count). The number of hydrogen-bond acceptors (Lipinski definition) is 4. The van der Waals surface area contributed by atoms with Crippen molar-refractivity contribution in [3.8, 4) is 0 Å². The van der Waals surface area contributed by atoms with Crippen molar-refractivity contribution >= 4 is 34.9 Å². The van der Waals surface area contributed by atoms with E-state index in [0.29, 0.717) is 0 Å². The zero-order valence-corrected chi connectivity index (χ0v) is 10.4. The van der Waals surface area contributed by atoms with Gasteiger partial charge in [-0.05, 0) is 25.1 Å². The highest BCUT2D eigenvalue weighted by Crippen LogP contribution is 2.26. The molecule has 0 saturated heterocycles. The number of esters is 1. The smallest absolute Gasteiger partial charge is 0.348 e. The molecule has 4 nitrogen and oxygen atoms in total. The predicted molar refractivity (Wildman–Crippen MR) is 62.2 cm³/mol. The maximum Gasteiger partial charge on any atom is 0.348 e. The zero-order valence-electron chi connectivity index (χ0n) is 8.86. The maximum absolute atomic E-state index is 12.7. The Morgan fingerprint density at radius 3 is 2.88 bits per heavy atom. The summed E-state index contributed by atoms with van der Waals surface area (Å²) >= 11 is 11.3. The van der Waals surface area contributed by atoms with Crippen LogP contribution in [-0.2, 0) is 9.53 Å². The quantitative estimate of drug-likeness (QED) is 0.365. The number of ether oxygens (including phenoxy) is 1. The fourth-order valence-corrected chi connectivity index (χ4v) is 1.25. The Bertz CT molecular complexity index is 440. The maximum atomic E-state index is 12.7. The molecule has 0 bridgehead atoms. The minimum atomic E-state index is -1.24. The number of hydrogen-bond donors (Lipinski definition) is 0. The van der Waals surface area contributed by atoms with Crippen LogP contribution < -0.4 is 0 Å². The van der Waals surface area contributed by atoms with E-state index in [1.807, 2.05) is 0 Å². The van der Waals surface area contributed by atoms with Crippen LogP contribution in [0.2, 0.25) is 5.02 Å². The van der Waals surface area contributed by atoms with Crippen LogP contribution in [-0.4, -0.2) is 18.1 Å². The summed E-state index contributed by atoms with van der Waals surface area (Å²) in [6.07, 6.45) is 0. The molecule has 0 heterocycles. The Morgan fingerprint density at radius 1 is 1.59 bits per heavy atom. The molecule has 0 aromatic heterocycles. The Hall–Kier alpha value is -1.20. The standard InChI is InChI=1S/C10H9Cl2FN2O2/c1-2-17-10(16)9(12)15-14-8-4-3-6(13)5-7(8)11/h3-5,9H,2H2,1H3. The van der Waals surface area contributed by atoms with E-state index in [2.05, 4.69) is 15.0 Å². The number of rotatable bonds is 4. The number of azo groups is 1. The molecule has 0 fully saturated rings. The lowest BCUT2D eigenvalue weighted by molar-refractivity contribution is -0.142. The monoisotopic (exact) mass is 278 g/mol. The Kier molecular flexibility index (Phi) is 5.31. The van der Waals surface area contributed by atoms with E-state index in [1.165, 1.54) is 12.1 Å². The van der Waals surface area contributed by atoms with Crippen LogP contribution in [0.4, 0.5) is 10.1 Å². The van der Waals surface area contributed by atoms with Crippen molar-refractivity contribution in [2.45, 2.75) is 12.4 Å². The lowest BCUT2D eigenvalue weighted by Gasteiger charge is -2.02. The average molecular weight is 279 g/mol. The second-order valence-corrected chi connectivity index (χ2v) is 3.72. The molecular weight excluding hydrogens is 270 g/mol. The van der Waals surface area contributed by atoms with Gasteiger partial charge in [0.05, 0.1) is 11.6 Å². The lowest BCUT2D eigenvalue weighted by atomic mass is 10.3. The average Bonchev–Trinajstić information content (AvgIpc) is 2.27. The van der Waals surface area contributed by atoms with Crippen molar-refractivity contribution in [3.63, 3.8) is 0 Å². The van der Waals surface area contributed by atoms with Crippen molar-refractivity contribution in [2.24, 2.45) is 10.2 Å². The van der Waals surface area contributed by atoms with Gasteiger partial charge in [-0.3, -0.25) is 0 Å². The van der Waals surface area contributed by atoms with Gasteiger partial charge in [0.15, 0.2) is 0 Å². The highest BCUT2D eigenvalue weighted by molar-refractivity contribution is 6.33. The molecule has 0 radical (unpaired) electrons. The van der Waals surface area contributed by atoms with Crippen LogP contribution in [0.5, 0.6) is 0 Å². The van der Waals surface area contributed by atoms with Crippen molar-refractivity contribution in [1.82, 2.24) is 0 Å². The Morgan fingerprint density at radius 2 is 2.29 bits per heavy atom. The summed E-state index contributed by atoms with van der Waals surface area (Å²) < 4.78 is 17.3. The summed E-state index contributed by atoms with van der Waals surface area (Å²) in [7, 11) is 0. The van der Waals surface area contributed by atoms with Crippen molar-refractivity contribution in [2.75, 3.05) is 6.61 Å². The van der Waals surface area contributed by atoms with Gasteiger partial charge in [0, 0.05) is 0 Å². The van der Waals surface area contributed by atoms with E-state index >= 15 is 0 Å². The second kappa shape index (κ2) is 6.51. The number of alkyl halides is 1. The zero-order chi connectivity index (χ0) is 12.8. The molecule has 1 atom stereocenters. The van der Waals surface area contributed by atoms with E-state index in [-0.39, 0.29) is 17.3 Å². The van der Waals surface area contributed by atoms with E-state index in [0.717, 1.165) is 6.07 Å². The summed E-state index contributed by atoms with van der Waals surface area (Å²) in [5.74, 6) is -1.18. The largest absolute Gasteiger partial charge is 0.463 e.